The van der Waals surface area contributed by atoms with Gasteiger partial charge < -0.3 is 15.2 Å². The molecule has 29 heavy (non-hydrogen) atoms. The average Bonchev–Trinajstić information content (AvgIpc) is 2.69. The average molecular weight is 396 g/mol. The Labute approximate surface area is 167 Å². The van der Waals surface area contributed by atoms with Crippen molar-refractivity contribution in [1.82, 2.24) is 10.3 Å². The molecule has 0 unspecified atom stereocenters. The topological polar surface area (TPSA) is 88.5 Å². The third kappa shape index (κ3) is 3.89. The first-order chi connectivity index (χ1) is 13.8. The van der Waals surface area contributed by atoms with Gasteiger partial charge in [-0.25, -0.2) is 14.2 Å². The molecule has 0 aliphatic rings. The van der Waals surface area contributed by atoms with Gasteiger partial charge >= 0.3 is 6.09 Å². The molecule has 3 aromatic rings. The van der Waals surface area contributed by atoms with Gasteiger partial charge in [0.1, 0.15) is 5.82 Å². The van der Waals surface area contributed by atoms with E-state index in [2.05, 4.69) is 10.3 Å². The molecule has 2 aromatic carbocycles. The standard InChI is InChI=1S/C22H21FN2O4/c1-4-29-21-17-7-5-6-16(15(17)10-11-24-21)20(26)18-9-8-14(12(2)19(18)23)13(3)25-22(27)28/h5-11,13,25H,4H2,1-3H3,(H,27,28)/t13-/m1/s1. The number of aromatic nitrogens is 1. The van der Waals surface area contributed by atoms with E-state index in [0.717, 1.165) is 0 Å². The van der Waals surface area contributed by atoms with E-state index in [1.807, 2.05) is 6.92 Å². The summed E-state index contributed by atoms with van der Waals surface area (Å²) in [6, 6.07) is 9.20. The lowest BCUT2D eigenvalue weighted by molar-refractivity contribution is 0.103. The highest BCUT2D eigenvalue weighted by molar-refractivity contribution is 6.17. The predicted molar refractivity (Wildman–Crippen MR) is 107 cm³/mol. The highest BCUT2D eigenvalue weighted by atomic mass is 19.1. The minimum Gasteiger partial charge on any atom is -0.478 e. The summed E-state index contributed by atoms with van der Waals surface area (Å²) < 4.78 is 20.6. The molecule has 0 fully saturated rings. The fraction of sp³-hybridized carbons (Fsp3) is 0.227. The third-order valence-corrected chi connectivity index (χ3v) is 4.77. The molecule has 3 rings (SSSR count). The van der Waals surface area contributed by atoms with Gasteiger partial charge in [-0.2, -0.15) is 0 Å². The molecule has 0 bridgehead atoms. The van der Waals surface area contributed by atoms with Gasteiger partial charge in [0.25, 0.3) is 0 Å². The summed E-state index contributed by atoms with van der Waals surface area (Å²) >= 11 is 0. The van der Waals surface area contributed by atoms with Gasteiger partial charge in [0.05, 0.1) is 18.2 Å². The Balaban J connectivity index is 2.07. The number of ketones is 1. The number of hydrogen-bond donors (Lipinski definition) is 2. The van der Waals surface area contributed by atoms with Crippen molar-refractivity contribution in [3.05, 3.63) is 70.7 Å². The first kappa shape index (κ1) is 20.3. The van der Waals surface area contributed by atoms with Gasteiger partial charge in [0.2, 0.25) is 5.88 Å². The summed E-state index contributed by atoms with van der Waals surface area (Å²) in [6.07, 6.45) is 0.348. The summed E-state index contributed by atoms with van der Waals surface area (Å²) in [7, 11) is 0. The van der Waals surface area contributed by atoms with Crippen molar-refractivity contribution in [2.45, 2.75) is 26.8 Å². The molecule has 1 aromatic heterocycles. The van der Waals surface area contributed by atoms with E-state index >= 15 is 4.39 Å². The zero-order chi connectivity index (χ0) is 21.1. The van der Waals surface area contributed by atoms with Crippen LogP contribution in [0.5, 0.6) is 5.88 Å². The van der Waals surface area contributed by atoms with Gasteiger partial charge in [-0.1, -0.05) is 18.2 Å². The highest BCUT2D eigenvalue weighted by Crippen LogP contribution is 2.29. The number of fused-ring (bicyclic) bond motifs is 1. The molecule has 0 radical (unpaired) electrons. The lowest BCUT2D eigenvalue weighted by atomic mass is 9.93. The van der Waals surface area contributed by atoms with Crippen LogP contribution in [0.3, 0.4) is 0 Å². The fourth-order valence-electron chi connectivity index (χ4n) is 3.38. The van der Waals surface area contributed by atoms with Crippen molar-refractivity contribution in [3.63, 3.8) is 0 Å². The third-order valence-electron chi connectivity index (χ3n) is 4.77. The number of halogens is 1. The minimum atomic E-state index is -1.20. The maximum absolute atomic E-state index is 15.1. The summed E-state index contributed by atoms with van der Waals surface area (Å²) in [6.45, 7) is 5.42. The molecule has 7 heteroatoms. The number of rotatable bonds is 6. The van der Waals surface area contributed by atoms with Crippen LogP contribution in [0.1, 0.15) is 46.9 Å². The Bertz CT molecular complexity index is 1100. The molecule has 150 valence electrons. The molecule has 0 aliphatic carbocycles. The molecule has 0 spiro atoms. The Morgan fingerprint density at radius 1 is 1.17 bits per heavy atom. The lowest BCUT2D eigenvalue weighted by Crippen LogP contribution is -2.25. The van der Waals surface area contributed by atoms with Gasteiger partial charge in [0, 0.05) is 17.1 Å². The largest absolute Gasteiger partial charge is 0.478 e. The van der Waals surface area contributed by atoms with Crippen molar-refractivity contribution >= 4 is 22.6 Å². The summed E-state index contributed by atoms with van der Waals surface area (Å²) in [5, 5.41) is 12.5. The Kier molecular flexibility index (Phi) is 5.77. The molecule has 0 saturated carbocycles. The molecule has 1 amide bonds. The van der Waals surface area contributed by atoms with Crippen molar-refractivity contribution in [2.24, 2.45) is 0 Å². The maximum Gasteiger partial charge on any atom is 0.405 e. The van der Waals surface area contributed by atoms with Gasteiger partial charge in [-0.15, -0.1) is 0 Å². The monoisotopic (exact) mass is 396 g/mol. The Morgan fingerprint density at radius 3 is 2.62 bits per heavy atom. The van der Waals surface area contributed by atoms with Crippen LogP contribution in [0.4, 0.5) is 9.18 Å². The number of ether oxygens (including phenoxy) is 1. The number of nitrogens with one attached hydrogen (secondary N) is 1. The molecule has 0 saturated heterocycles. The Hall–Kier alpha value is -3.48. The fourth-order valence-corrected chi connectivity index (χ4v) is 3.38. The second-order valence-electron chi connectivity index (χ2n) is 6.59. The van der Waals surface area contributed by atoms with E-state index in [4.69, 9.17) is 9.84 Å². The second-order valence-corrected chi connectivity index (χ2v) is 6.59. The van der Waals surface area contributed by atoms with Crippen LogP contribution in [-0.4, -0.2) is 28.6 Å². The predicted octanol–water partition coefficient (Wildman–Crippen LogP) is 4.64. The van der Waals surface area contributed by atoms with Crippen LogP contribution in [0.25, 0.3) is 10.8 Å². The molecule has 2 N–H and O–H groups in total. The zero-order valence-corrected chi connectivity index (χ0v) is 16.3. The van der Waals surface area contributed by atoms with Crippen LogP contribution in [0.2, 0.25) is 0 Å². The molecule has 1 heterocycles. The SMILES string of the molecule is CCOc1nccc2c(C(=O)c3ccc([C@@H](C)NC(=O)O)c(C)c3F)cccc12. The number of pyridine rings is 1. The van der Waals surface area contributed by atoms with E-state index in [-0.39, 0.29) is 11.1 Å². The van der Waals surface area contributed by atoms with Crippen molar-refractivity contribution in [1.29, 1.82) is 0 Å². The van der Waals surface area contributed by atoms with E-state index in [1.165, 1.54) is 13.0 Å². The summed E-state index contributed by atoms with van der Waals surface area (Å²) in [5.74, 6) is -0.710. The molecular formula is C22H21FN2O4. The number of carbonyl (C=O) groups is 2. The summed E-state index contributed by atoms with van der Waals surface area (Å²) in [5.41, 5.74) is 0.973. The van der Waals surface area contributed by atoms with Gasteiger partial charge in [-0.3, -0.25) is 4.79 Å². The quantitative estimate of drug-likeness (QED) is 0.593. The zero-order valence-electron chi connectivity index (χ0n) is 16.3. The normalized spacial score (nSPS) is 11.9. The lowest BCUT2D eigenvalue weighted by Gasteiger charge is -2.17. The second kappa shape index (κ2) is 8.26. The van der Waals surface area contributed by atoms with Gasteiger partial charge in [0.15, 0.2) is 5.78 Å². The van der Waals surface area contributed by atoms with Crippen molar-refractivity contribution < 1.29 is 23.8 Å². The van der Waals surface area contributed by atoms with E-state index in [9.17, 15) is 9.59 Å². The van der Waals surface area contributed by atoms with Crippen molar-refractivity contribution in [2.75, 3.05) is 6.61 Å². The number of carboxylic acid groups (broad SMARTS) is 1. The van der Waals surface area contributed by atoms with Gasteiger partial charge in [-0.05, 0) is 55.5 Å². The number of nitrogens with zero attached hydrogens (tertiary/aromatic N) is 1. The molecule has 0 aliphatic heterocycles. The first-order valence-electron chi connectivity index (χ1n) is 9.18. The molecular weight excluding hydrogens is 375 g/mol. The molecule has 6 nitrogen and oxygen atoms in total. The van der Waals surface area contributed by atoms with Crippen LogP contribution in [-0.2, 0) is 0 Å². The van der Waals surface area contributed by atoms with Crippen LogP contribution in [0, 0.1) is 12.7 Å². The van der Waals surface area contributed by atoms with Crippen LogP contribution < -0.4 is 10.1 Å². The van der Waals surface area contributed by atoms with E-state index in [0.29, 0.717) is 34.4 Å². The maximum atomic E-state index is 15.1. The van der Waals surface area contributed by atoms with Crippen molar-refractivity contribution in [3.8, 4) is 5.88 Å². The first-order valence-corrected chi connectivity index (χ1v) is 9.18. The Morgan fingerprint density at radius 2 is 1.93 bits per heavy atom. The highest BCUT2D eigenvalue weighted by Gasteiger charge is 2.22. The number of amides is 1. The summed E-state index contributed by atoms with van der Waals surface area (Å²) in [4.78, 5) is 28.2. The van der Waals surface area contributed by atoms with Crippen LogP contribution in [0.15, 0.2) is 42.6 Å². The van der Waals surface area contributed by atoms with E-state index in [1.54, 1.807) is 43.5 Å². The smallest absolute Gasteiger partial charge is 0.405 e. The number of hydrogen-bond acceptors (Lipinski definition) is 4. The van der Waals surface area contributed by atoms with Crippen LogP contribution >= 0.6 is 0 Å². The molecule has 1 atom stereocenters. The number of carbonyl (C=O) groups excluding carboxylic acids is 1. The minimum absolute atomic E-state index is 0.0731. The number of benzene rings is 2. The van der Waals surface area contributed by atoms with E-state index < -0.39 is 23.7 Å².